The van der Waals surface area contributed by atoms with Gasteiger partial charge in [0.25, 0.3) is 0 Å². The third-order valence-electron chi connectivity index (χ3n) is 3.96. The predicted molar refractivity (Wildman–Crippen MR) is 127 cm³/mol. The number of esters is 1. The van der Waals surface area contributed by atoms with Crippen molar-refractivity contribution >= 4 is 35.9 Å². The fourth-order valence-electron chi connectivity index (χ4n) is 2.54. The van der Waals surface area contributed by atoms with Crippen molar-refractivity contribution in [3.05, 3.63) is 71.3 Å². The number of halogens is 1. The van der Waals surface area contributed by atoms with Gasteiger partial charge in [0.05, 0.1) is 12.1 Å². The van der Waals surface area contributed by atoms with Gasteiger partial charge in [0.15, 0.2) is 5.96 Å². The summed E-state index contributed by atoms with van der Waals surface area (Å²) in [5.74, 6) is 0.412. The number of carbonyl (C=O) groups excluding carboxylic acids is 1. The summed E-state index contributed by atoms with van der Waals surface area (Å²) in [6, 6.07) is 17.0. The van der Waals surface area contributed by atoms with Gasteiger partial charge in [-0.1, -0.05) is 42.5 Å². The summed E-state index contributed by atoms with van der Waals surface area (Å²) in [6.45, 7) is 5.03. The van der Waals surface area contributed by atoms with Crippen molar-refractivity contribution in [2.75, 3.05) is 26.8 Å². The molecule has 0 fully saturated rings. The van der Waals surface area contributed by atoms with E-state index in [1.54, 1.807) is 13.2 Å². The minimum atomic E-state index is -0.334. The molecule has 2 N–H and O–H groups in total. The maximum Gasteiger partial charge on any atom is 0.338 e. The highest BCUT2D eigenvalue weighted by atomic mass is 127. The van der Waals surface area contributed by atoms with E-state index in [4.69, 9.17) is 9.47 Å². The molecule has 0 bridgehead atoms. The molecule has 0 aliphatic heterocycles. The number of hydrogen-bond acceptors (Lipinski definition) is 4. The molecule has 0 saturated heterocycles. The third-order valence-corrected chi connectivity index (χ3v) is 3.96. The zero-order valence-corrected chi connectivity index (χ0v) is 19.3. The van der Waals surface area contributed by atoms with Crippen molar-refractivity contribution < 1.29 is 14.3 Å². The SMILES string of the molecule is CCNC(=NCc1cccc(C(=O)OCc2ccccc2)c1)NCCCOC.I. The second-order valence-corrected chi connectivity index (χ2v) is 6.23. The molecule has 2 aromatic rings. The van der Waals surface area contributed by atoms with E-state index in [2.05, 4.69) is 15.6 Å². The Kier molecular flexibility index (Phi) is 12.7. The van der Waals surface area contributed by atoms with E-state index in [0.29, 0.717) is 18.7 Å². The molecule has 2 rings (SSSR count). The monoisotopic (exact) mass is 511 g/mol. The van der Waals surface area contributed by atoms with Gasteiger partial charge in [-0.3, -0.25) is 0 Å². The van der Waals surface area contributed by atoms with Crippen LogP contribution in [0, 0.1) is 0 Å². The van der Waals surface area contributed by atoms with Crippen molar-refractivity contribution in [3.8, 4) is 0 Å². The molecule has 0 aliphatic rings. The normalized spacial score (nSPS) is 10.8. The van der Waals surface area contributed by atoms with E-state index in [1.165, 1.54) is 0 Å². The Morgan fingerprint density at radius 3 is 2.52 bits per heavy atom. The number of guanidine groups is 1. The summed E-state index contributed by atoms with van der Waals surface area (Å²) in [7, 11) is 1.69. The zero-order chi connectivity index (χ0) is 20.0. The van der Waals surface area contributed by atoms with Gasteiger partial charge in [0.1, 0.15) is 6.61 Å². The average Bonchev–Trinajstić information content (AvgIpc) is 2.74. The van der Waals surface area contributed by atoms with Gasteiger partial charge in [-0.25, -0.2) is 9.79 Å². The number of hydrogen-bond donors (Lipinski definition) is 2. The molecule has 0 amide bonds. The first-order valence-corrected chi connectivity index (χ1v) is 9.54. The number of nitrogens with one attached hydrogen (secondary N) is 2. The fourth-order valence-corrected chi connectivity index (χ4v) is 2.54. The van der Waals surface area contributed by atoms with Crippen molar-refractivity contribution in [2.24, 2.45) is 4.99 Å². The van der Waals surface area contributed by atoms with Crippen molar-refractivity contribution in [3.63, 3.8) is 0 Å². The Morgan fingerprint density at radius 2 is 1.79 bits per heavy atom. The molecule has 158 valence electrons. The second kappa shape index (κ2) is 14.8. The summed E-state index contributed by atoms with van der Waals surface area (Å²) in [5.41, 5.74) is 2.44. The van der Waals surface area contributed by atoms with Crippen molar-refractivity contribution in [1.82, 2.24) is 10.6 Å². The topological polar surface area (TPSA) is 72.0 Å². The van der Waals surface area contributed by atoms with Crippen molar-refractivity contribution in [2.45, 2.75) is 26.5 Å². The molecule has 0 spiro atoms. The highest BCUT2D eigenvalue weighted by Gasteiger charge is 2.08. The summed E-state index contributed by atoms with van der Waals surface area (Å²) in [5, 5.41) is 6.48. The van der Waals surface area contributed by atoms with Gasteiger partial charge in [-0.2, -0.15) is 0 Å². The Morgan fingerprint density at radius 1 is 1.03 bits per heavy atom. The number of aliphatic imine (C=N–C) groups is 1. The maximum atomic E-state index is 12.3. The van der Waals surface area contributed by atoms with Gasteiger partial charge < -0.3 is 20.1 Å². The standard InChI is InChI=1S/C22H29N3O3.HI/c1-3-23-22(24-13-8-14-27-2)25-16-19-11-7-12-20(15-19)21(26)28-17-18-9-5-4-6-10-18;/h4-7,9-12,15H,3,8,13-14,16-17H2,1-2H3,(H2,23,24,25);1H. The Hall–Kier alpha value is -2.13. The van der Waals surface area contributed by atoms with Crippen LogP contribution in [-0.4, -0.2) is 38.7 Å². The maximum absolute atomic E-state index is 12.3. The van der Waals surface area contributed by atoms with Crippen LogP contribution in [0.1, 0.15) is 34.8 Å². The molecule has 2 aromatic carbocycles. The van der Waals surface area contributed by atoms with Crippen LogP contribution in [0.5, 0.6) is 0 Å². The number of nitrogens with zero attached hydrogens (tertiary/aromatic N) is 1. The molecular weight excluding hydrogens is 481 g/mol. The number of ether oxygens (including phenoxy) is 2. The lowest BCUT2D eigenvalue weighted by atomic mass is 10.1. The molecule has 7 heteroatoms. The molecule has 0 aliphatic carbocycles. The number of carbonyl (C=O) groups is 1. The van der Waals surface area contributed by atoms with Crippen LogP contribution in [0.25, 0.3) is 0 Å². The highest BCUT2D eigenvalue weighted by molar-refractivity contribution is 14.0. The molecule has 6 nitrogen and oxygen atoms in total. The van der Waals surface area contributed by atoms with Gasteiger partial charge in [0.2, 0.25) is 0 Å². The molecule has 29 heavy (non-hydrogen) atoms. The van der Waals surface area contributed by atoms with E-state index in [1.807, 2.05) is 55.5 Å². The molecule has 0 radical (unpaired) electrons. The van der Waals surface area contributed by atoms with Gasteiger partial charge in [0, 0.05) is 26.8 Å². The summed E-state index contributed by atoms with van der Waals surface area (Å²) in [6.07, 6.45) is 0.906. The quantitative estimate of drug-likeness (QED) is 0.167. The van der Waals surface area contributed by atoms with Crippen LogP contribution in [-0.2, 0) is 22.6 Å². The average molecular weight is 511 g/mol. The number of methoxy groups -OCH3 is 1. The largest absolute Gasteiger partial charge is 0.457 e. The fraction of sp³-hybridized carbons (Fsp3) is 0.364. The van der Waals surface area contributed by atoms with E-state index >= 15 is 0 Å². The van der Waals surface area contributed by atoms with Crippen LogP contribution in [0.3, 0.4) is 0 Å². The van der Waals surface area contributed by atoms with Crippen LogP contribution in [0.2, 0.25) is 0 Å². The minimum Gasteiger partial charge on any atom is -0.457 e. The van der Waals surface area contributed by atoms with Gasteiger partial charge in [-0.05, 0) is 36.6 Å². The smallest absolute Gasteiger partial charge is 0.338 e. The predicted octanol–water partition coefficient (Wildman–Crippen LogP) is 3.75. The minimum absolute atomic E-state index is 0. The van der Waals surface area contributed by atoms with Crippen LogP contribution in [0.4, 0.5) is 0 Å². The van der Waals surface area contributed by atoms with Crippen molar-refractivity contribution in [1.29, 1.82) is 0 Å². The molecule has 0 heterocycles. The van der Waals surface area contributed by atoms with Gasteiger partial charge >= 0.3 is 5.97 Å². The molecule has 0 saturated carbocycles. The second-order valence-electron chi connectivity index (χ2n) is 6.23. The zero-order valence-electron chi connectivity index (χ0n) is 17.0. The first-order valence-electron chi connectivity index (χ1n) is 9.54. The van der Waals surface area contributed by atoms with Crippen LogP contribution >= 0.6 is 24.0 Å². The van der Waals surface area contributed by atoms with Crippen LogP contribution in [0.15, 0.2) is 59.6 Å². The van der Waals surface area contributed by atoms with E-state index < -0.39 is 0 Å². The van der Waals surface area contributed by atoms with Crippen LogP contribution < -0.4 is 10.6 Å². The third kappa shape index (κ3) is 9.76. The molecule has 0 atom stereocenters. The molecule has 0 unspecified atom stereocenters. The molecule has 0 aromatic heterocycles. The highest BCUT2D eigenvalue weighted by Crippen LogP contribution is 2.10. The lowest BCUT2D eigenvalue weighted by molar-refractivity contribution is 0.0472. The Labute approximate surface area is 190 Å². The van der Waals surface area contributed by atoms with E-state index in [-0.39, 0.29) is 36.6 Å². The Balaban J connectivity index is 0.00000420. The number of benzene rings is 2. The Bertz CT molecular complexity index is 754. The first kappa shape index (κ1) is 24.9. The van der Waals surface area contributed by atoms with E-state index in [0.717, 1.165) is 36.6 Å². The van der Waals surface area contributed by atoms with E-state index in [9.17, 15) is 4.79 Å². The summed E-state index contributed by atoms with van der Waals surface area (Å²) >= 11 is 0. The lowest BCUT2D eigenvalue weighted by Crippen LogP contribution is -2.38. The first-order chi connectivity index (χ1) is 13.7. The lowest BCUT2D eigenvalue weighted by Gasteiger charge is -2.11. The number of rotatable bonds is 10. The van der Waals surface area contributed by atoms with Gasteiger partial charge in [-0.15, -0.1) is 24.0 Å². The molecular formula is C22H30IN3O3. The summed E-state index contributed by atoms with van der Waals surface area (Å²) in [4.78, 5) is 16.9. The summed E-state index contributed by atoms with van der Waals surface area (Å²) < 4.78 is 10.5.